The molecule has 9 heteroatoms. The van der Waals surface area contributed by atoms with Crippen LogP contribution < -0.4 is 10.6 Å². The number of benzene rings is 2. The van der Waals surface area contributed by atoms with Crippen molar-refractivity contribution in [1.29, 1.82) is 0 Å². The van der Waals surface area contributed by atoms with E-state index < -0.39 is 30.4 Å². The van der Waals surface area contributed by atoms with Gasteiger partial charge in [-0.15, -0.1) is 0 Å². The summed E-state index contributed by atoms with van der Waals surface area (Å²) in [6.07, 6.45) is -0.0187. The third-order valence-electron chi connectivity index (χ3n) is 5.61. The number of aromatic nitrogens is 1. The highest BCUT2D eigenvalue weighted by Crippen LogP contribution is 2.44. The molecule has 1 aromatic heterocycles. The molecule has 9 nitrogen and oxygen atoms in total. The summed E-state index contributed by atoms with van der Waals surface area (Å²) in [6, 6.07) is 14.5. The summed E-state index contributed by atoms with van der Waals surface area (Å²) in [4.78, 5) is 36.2. The van der Waals surface area contributed by atoms with Crippen molar-refractivity contribution in [2.75, 3.05) is 6.61 Å². The SMILES string of the molecule is Cc1conc1CNC(=O)C(CC(=O)O)NC(=O)OCC1c2ccccc2-c2ccccc21. The molecule has 3 N–H and O–H groups in total. The number of alkyl carbamates (subject to hydrolysis) is 1. The minimum Gasteiger partial charge on any atom is -0.481 e. The van der Waals surface area contributed by atoms with Crippen LogP contribution >= 0.6 is 0 Å². The van der Waals surface area contributed by atoms with Crippen molar-refractivity contribution in [2.24, 2.45) is 0 Å². The number of aryl methyl sites for hydroxylation is 1. The third kappa shape index (κ3) is 4.87. The molecule has 1 aliphatic carbocycles. The predicted molar refractivity (Wildman–Crippen MR) is 117 cm³/mol. The molecule has 170 valence electrons. The molecule has 0 radical (unpaired) electrons. The molecule has 0 spiro atoms. The number of rotatable bonds is 8. The van der Waals surface area contributed by atoms with E-state index in [1.165, 1.54) is 6.26 Å². The molecule has 0 saturated heterocycles. The minimum atomic E-state index is -1.30. The zero-order valence-electron chi connectivity index (χ0n) is 17.9. The fourth-order valence-electron chi connectivity index (χ4n) is 3.94. The number of carboxylic acids is 1. The van der Waals surface area contributed by atoms with Crippen LogP contribution in [0.5, 0.6) is 0 Å². The summed E-state index contributed by atoms with van der Waals surface area (Å²) in [5.74, 6) is -2.04. The van der Waals surface area contributed by atoms with Crippen molar-refractivity contribution in [2.45, 2.75) is 31.8 Å². The van der Waals surface area contributed by atoms with Gasteiger partial charge in [-0.1, -0.05) is 53.7 Å². The van der Waals surface area contributed by atoms with Gasteiger partial charge in [-0.3, -0.25) is 9.59 Å². The molecular formula is C24H23N3O6. The number of amides is 2. The maximum atomic E-state index is 12.5. The lowest BCUT2D eigenvalue weighted by Gasteiger charge is -2.18. The van der Waals surface area contributed by atoms with Crippen LogP contribution in [0.1, 0.15) is 34.7 Å². The molecule has 1 heterocycles. The molecule has 4 rings (SSSR count). The number of aliphatic carboxylic acids is 1. The largest absolute Gasteiger partial charge is 0.481 e. The molecule has 1 atom stereocenters. The summed E-state index contributed by atoms with van der Waals surface area (Å²) < 4.78 is 10.2. The van der Waals surface area contributed by atoms with Crippen molar-refractivity contribution in [3.8, 4) is 11.1 Å². The van der Waals surface area contributed by atoms with Gasteiger partial charge in [0.05, 0.1) is 13.0 Å². The molecule has 0 fully saturated rings. The van der Waals surface area contributed by atoms with Gasteiger partial charge < -0.3 is 25.0 Å². The Morgan fingerprint density at radius 2 is 1.73 bits per heavy atom. The van der Waals surface area contributed by atoms with Gasteiger partial charge in [-0.2, -0.15) is 0 Å². The van der Waals surface area contributed by atoms with Gasteiger partial charge in [-0.05, 0) is 29.2 Å². The third-order valence-corrected chi connectivity index (χ3v) is 5.61. The van der Waals surface area contributed by atoms with Crippen LogP contribution in [-0.4, -0.2) is 40.9 Å². The lowest BCUT2D eigenvalue weighted by molar-refractivity contribution is -0.139. The van der Waals surface area contributed by atoms with E-state index in [0.717, 1.165) is 27.8 Å². The Labute approximate surface area is 189 Å². The topological polar surface area (TPSA) is 131 Å². The molecule has 33 heavy (non-hydrogen) atoms. The van der Waals surface area contributed by atoms with Gasteiger partial charge in [0.2, 0.25) is 5.91 Å². The first kappa shape index (κ1) is 22.1. The molecule has 1 aliphatic rings. The van der Waals surface area contributed by atoms with Crippen molar-refractivity contribution in [3.63, 3.8) is 0 Å². The number of nitrogens with one attached hydrogen (secondary N) is 2. The smallest absolute Gasteiger partial charge is 0.407 e. The van der Waals surface area contributed by atoms with Gasteiger partial charge >= 0.3 is 12.1 Å². The van der Waals surface area contributed by atoms with Crippen LogP contribution in [0.3, 0.4) is 0 Å². The summed E-state index contributed by atoms with van der Waals surface area (Å²) >= 11 is 0. The maximum absolute atomic E-state index is 12.5. The van der Waals surface area contributed by atoms with Crippen LogP contribution in [0.2, 0.25) is 0 Å². The normalized spacial score (nSPS) is 13.0. The standard InChI is InChI=1S/C24H23N3O6/c1-14-12-33-27-21(14)11-25-23(30)20(10-22(28)29)26-24(31)32-13-19-17-8-4-2-6-15(17)16-7-3-5-9-18(16)19/h2-9,12,19-20H,10-11,13H2,1H3,(H,25,30)(H,26,31)(H,28,29). The monoisotopic (exact) mass is 449 g/mol. The summed E-state index contributed by atoms with van der Waals surface area (Å²) in [5, 5.41) is 17.9. The second-order valence-electron chi connectivity index (χ2n) is 7.78. The average molecular weight is 449 g/mol. The number of fused-ring (bicyclic) bond motifs is 3. The Bertz CT molecular complexity index is 1140. The van der Waals surface area contributed by atoms with Crippen molar-refractivity contribution in [3.05, 3.63) is 77.2 Å². The van der Waals surface area contributed by atoms with Gasteiger partial charge in [0.15, 0.2) is 0 Å². The number of carboxylic acid groups (broad SMARTS) is 1. The Morgan fingerprint density at radius 3 is 2.30 bits per heavy atom. The van der Waals surface area contributed by atoms with Crippen molar-refractivity contribution < 1.29 is 28.8 Å². The average Bonchev–Trinajstić information content (AvgIpc) is 3.36. The molecule has 3 aromatic rings. The van der Waals surface area contributed by atoms with E-state index in [-0.39, 0.29) is 19.1 Å². The van der Waals surface area contributed by atoms with Crippen molar-refractivity contribution in [1.82, 2.24) is 15.8 Å². The van der Waals surface area contributed by atoms with E-state index in [1.54, 1.807) is 6.92 Å². The van der Waals surface area contributed by atoms with Crippen LogP contribution in [0.15, 0.2) is 59.3 Å². The molecular weight excluding hydrogens is 426 g/mol. The van der Waals surface area contributed by atoms with E-state index in [1.807, 2.05) is 48.5 Å². The number of hydrogen-bond donors (Lipinski definition) is 3. The molecule has 0 bridgehead atoms. The Kier molecular flexibility index (Phi) is 6.39. The number of hydrogen-bond acceptors (Lipinski definition) is 6. The molecule has 0 saturated carbocycles. The maximum Gasteiger partial charge on any atom is 0.407 e. The van der Waals surface area contributed by atoms with Gasteiger partial charge in [0.1, 0.15) is 24.6 Å². The van der Waals surface area contributed by atoms with E-state index >= 15 is 0 Å². The van der Waals surface area contributed by atoms with E-state index in [2.05, 4.69) is 15.8 Å². The van der Waals surface area contributed by atoms with Gasteiger partial charge in [-0.25, -0.2) is 4.79 Å². The highest BCUT2D eigenvalue weighted by atomic mass is 16.5. The second kappa shape index (κ2) is 9.56. The second-order valence-corrected chi connectivity index (χ2v) is 7.78. The van der Waals surface area contributed by atoms with Crippen LogP contribution in [0, 0.1) is 6.92 Å². The number of nitrogens with zero attached hydrogens (tertiary/aromatic N) is 1. The van der Waals surface area contributed by atoms with E-state index in [0.29, 0.717) is 5.69 Å². The van der Waals surface area contributed by atoms with Crippen LogP contribution in [0.4, 0.5) is 4.79 Å². The van der Waals surface area contributed by atoms with Gasteiger partial charge in [0.25, 0.3) is 0 Å². The van der Waals surface area contributed by atoms with Crippen LogP contribution in [-0.2, 0) is 20.9 Å². The lowest BCUT2D eigenvalue weighted by Crippen LogP contribution is -2.48. The quantitative estimate of drug-likeness (QED) is 0.482. The fraction of sp³-hybridized carbons (Fsp3) is 0.250. The number of carbonyl (C=O) groups excluding carboxylic acids is 2. The first-order valence-electron chi connectivity index (χ1n) is 10.4. The fourth-order valence-corrected chi connectivity index (χ4v) is 3.94. The number of ether oxygens (including phenoxy) is 1. The Morgan fingerprint density at radius 1 is 1.09 bits per heavy atom. The molecule has 2 amide bonds. The van der Waals surface area contributed by atoms with E-state index in [4.69, 9.17) is 14.4 Å². The highest BCUT2D eigenvalue weighted by molar-refractivity contribution is 5.89. The Hall–Kier alpha value is -4.14. The zero-order valence-corrected chi connectivity index (χ0v) is 17.9. The lowest BCUT2D eigenvalue weighted by atomic mass is 9.98. The Balaban J connectivity index is 1.39. The highest BCUT2D eigenvalue weighted by Gasteiger charge is 2.30. The minimum absolute atomic E-state index is 0.0453. The van der Waals surface area contributed by atoms with E-state index in [9.17, 15) is 14.4 Å². The first-order valence-corrected chi connectivity index (χ1v) is 10.4. The van der Waals surface area contributed by atoms with Gasteiger partial charge in [0, 0.05) is 11.5 Å². The number of carbonyl (C=O) groups is 3. The van der Waals surface area contributed by atoms with Crippen molar-refractivity contribution >= 4 is 18.0 Å². The first-order chi connectivity index (χ1) is 15.9. The summed E-state index contributed by atoms with van der Waals surface area (Å²) in [7, 11) is 0. The van der Waals surface area contributed by atoms with Crippen LogP contribution in [0.25, 0.3) is 11.1 Å². The molecule has 1 unspecified atom stereocenters. The molecule has 2 aromatic carbocycles. The summed E-state index contributed by atoms with van der Waals surface area (Å²) in [5.41, 5.74) is 5.54. The summed E-state index contributed by atoms with van der Waals surface area (Å²) in [6.45, 7) is 1.87. The molecule has 0 aliphatic heterocycles. The predicted octanol–water partition coefficient (Wildman–Crippen LogP) is 2.98. The zero-order chi connectivity index (χ0) is 23.4.